The Morgan fingerprint density at radius 1 is 0.966 bits per heavy atom. The second kappa shape index (κ2) is 7.33. The lowest BCUT2D eigenvalue weighted by molar-refractivity contribution is 0.791. The average molecular weight is 397 g/mol. The molecule has 0 aliphatic rings. The number of pyridine rings is 1. The van der Waals surface area contributed by atoms with Gasteiger partial charge in [0.05, 0.1) is 21.8 Å². The van der Waals surface area contributed by atoms with Crippen LogP contribution in [0.5, 0.6) is 0 Å². The van der Waals surface area contributed by atoms with Gasteiger partial charge in [-0.1, -0.05) is 23.8 Å². The van der Waals surface area contributed by atoms with Crippen molar-refractivity contribution in [3.05, 3.63) is 78.1 Å². The van der Waals surface area contributed by atoms with Crippen molar-refractivity contribution < 1.29 is 0 Å². The van der Waals surface area contributed by atoms with Gasteiger partial charge in [0.2, 0.25) is 0 Å². The average Bonchev–Trinajstić information content (AvgIpc) is 3.47. The van der Waals surface area contributed by atoms with Gasteiger partial charge in [0, 0.05) is 24.2 Å². The molecule has 0 unspecified atom stereocenters. The van der Waals surface area contributed by atoms with E-state index in [9.17, 15) is 0 Å². The molecule has 140 valence electrons. The zero-order valence-corrected chi connectivity index (χ0v) is 16.3. The largest absolute Gasteiger partial charge is 0.265 e. The number of hydrogen-bond acceptors (Lipinski definition) is 7. The number of nitrogens with zero attached hydrogens (tertiary/aromatic N) is 7. The van der Waals surface area contributed by atoms with Gasteiger partial charge >= 0.3 is 0 Å². The van der Waals surface area contributed by atoms with Crippen molar-refractivity contribution in [2.75, 3.05) is 0 Å². The van der Waals surface area contributed by atoms with E-state index in [0.717, 1.165) is 27.4 Å². The van der Waals surface area contributed by atoms with E-state index >= 15 is 0 Å². The number of tetrazole rings is 1. The van der Waals surface area contributed by atoms with Crippen molar-refractivity contribution in [3.63, 3.8) is 0 Å². The molecule has 0 N–H and O–H groups in total. The smallest absolute Gasteiger partial charge is 0.190 e. The topological polar surface area (TPSA) is 82.3 Å². The van der Waals surface area contributed by atoms with Crippen molar-refractivity contribution in [2.24, 2.45) is 0 Å². The van der Waals surface area contributed by atoms with Crippen LogP contribution in [0, 0.1) is 6.92 Å². The van der Waals surface area contributed by atoms with Gasteiger partial charge in [0.25, 0.3) is 0 Å². The first kappa shape index (κ1) is 17.3. The van der Waals surface area contributed by atoms with E-state index in [-0.39, 0.29) is 0 Å². The van der Waals surface area contributed by atoms with Gasteiger partial charge < -0.3 is 0 Å². The molecule has 0 aliphatic carbocycles. The minimum absolute atomic E-state index is 0.596. The number of aryl methyl sites for hydroxylation is 1. The molecule has 4 aromatic heterocycles. The van der Waals surface area contributed by atoms with Gasteiger partial charge in [0.15, 0.2) is 11.6 Å². The Bertz CT molecular complexity index is 1250. The van der Waals surface area contributed by atoms with Crippen LogP contribution in [0.2, 0.25) is 0 Å². The number of aromatic nitrogens is 7. The van der Waals surface area contributed by atoms with Gasteiger partial charge in [-0.2, -0.15) is 4.68 Å². The molecule has 0 amide bonds. The normalized spacial score (nSPS) is 10.9. The first-order valence-electron chi connectivity index (χ1n) is 8.97. The predicted octanol–water partition coefficient (Wildman–Crippen LogP) is 4.22. The third-order valence-electron chi connectivity index (χ3n) is 4.47. The third-order valence-corrected chi connectivity index (χ3v) is 5.35. The Morgan fingerprint density at radius 3 is 2.55 bits per heavy atom. The molecule has 0 saturated carbocycles. The van der Waals surface area contributed by atoms with Crippen LogP contribution in [-0.4, -0.2) is 35.2 Å². The zero-order chi connectivity index (χ0) is 19.6. The van der Waals surface area contributed by atoms with Gasteiger partial charge in [0.1, 0.15) is 0 Å². The van der Waals surface area contributed by atoms with Crippen molar-refractivity contribution >= 4 is 11.3 Å². The summed E-state index contributed by atoms with van der Waals surface area (Å²) < 4.78 is 1.71. The molecule has 5 aromatic rings. The summed E-state index contributed by atoms with van der Waals surface area (Å²) in [5.41, 5.74) is 4.53. The van der Waals surface area contributed by atoms with Crippen LogP contribution < -0.4 is 0 Å². The maximum absolute atomic E-state index is 4.85. The van der Waals surface area contributed by atoms with Crippen molar-refractivity contribution in [3.8, 4) is 39.0 Å². The fourth-order valence-corrected chi connectivity index (χ4v) is 3.73. The summed E-state index contributed by atoms with van der Waals surface area (Å²) in [5, 5.41) is 14.4. The highest BCUT2D eigenvalue weighted by atomic mass is 32.1. The van der Waals surface area contributed by atoms with E-state index in [2.05, 4.69) is 25.5 Å². The van der Waals surface area contributed by atoms with Crippen LogP contribution in [0.3, 0.4) is 0 Å². The van der Waals surface area contributed by atoms with Gasteiger partial charge in [-0.05, 0) is 53.1 Å². The monoisotopic (exact) mass is 397 g/mol. The molecule has 0 saturated heterocycles. The van der Waals surface area contributed by atoms with E-state index in [0.29, 0.717) is 11.6 Å². The molecule has 0 aliphatic heterocycles. The van der Waals surface area contributed by atoms with Crippen LogP contribution in [0.25, 0.3) is 39.0 Å². The number of rotatable bonds is 4. The lowest BCUT2D eigenvalue weighted by Crippen LogP contribution is -2.03. The fraction of sp³-hybridized carbons (Fsp3) is 0.0476. The number of hydrogen-bond donors (Lipinski definition) is 0. The molecule has 0 spiro atoms. The Hall–Kier alpha value is -3.78. The summed E-state index contributed by atoms with van der Waals surface area (Å²) in [4.78, 5) is 14.5. The second-order valence-electron chi connectivity index (χ2n) is 6.42. The second-order valence-corrected chi connectivity index (χ2v) is 7.37. The fourth-order valence-electron chi connectivity index (χ4n) is 3.00. The van der Waals surface area contributed by atoms with Crippen molar-refractivity contribution in [1.29, 1.82) is 0 Å². The lowest BCUT2D eigenvalue weighted by atomic mass is 10.1. The quantitative estimate of drug-likeness (QED) is 0.452. The highest BCUT2D eigenvalue weighted by molar-refractivity contribution is 7.13. The Balaban J connectivity index is 1.68. The van der Waals surface area contributed by atoms with E-state index in [1.807, 2.05) is 60.8 Å². The summed E-state index contributed by atoms with van der Waals surface area (Å²) in [6.07, 6.45) is 5.25. The van der Waals surface area contributed by atoms with E-state index in [1.165, 1.54) is 5.56 Å². The summed E-state index contributed by atoms with van der Waals surface area (Å²) in [6.45, 7) is 2.05. The molecule has 29 heavy (non-hydrogen) atoms. The molecule has 0 radical (unpaired) electrons. The summed E-state index contributed by atoms with van der Waals surface area (Å²) >= 11 is 1.61. The van der Waals surface area contributed by atoms with Crippen molar-refractivity contribution in [1.82, 2.24) is 35.2 Å². The Labute approximate surface area is 170 Å². The number of benzene rings is 1. The van der Waals surface area contributed by atoms with Crippen LogP contribution in [0.4, 0.5) is 0 Å². The third kappa shape index (κ3) is 3.30. The molecule has 0 bridgehead atoms. The lowest BCUT2D eigenvalue weighted by Gasteiger charge is -2.10. The minimum Gasteiger partial charge on any atom is -0.265 e. The summed E-state index contributed by atoms with van der Waals surface area (Å²) in [5.74, 6) is 1.23. The molecular weight excluding hydrogens is 382 g/mol. The molecule has 8 heteroatoms. The molecule has 7 nitrogen and oxygen atoms in total. The SMILES string of the molecule is Cc1ccc(-n2nnnc2-c2cnc(-c3ccncc3)nc2-c2cccs2)cc1. The van der Waals surface area contributed by atoms with Crippen LogP contribution >= 0.6 is 11.3 Å². The standard InChI is InChI=1S/C21H15N7S/c1-14-4-6-16(7-5-14)28-21(25-26-27-28)17-13-23-20(15-8-10-22-11-9-15)24-19(17)18-3-2-12-29-18/h2-13H,1H3. The molecule has 0 atom stereocenters. The van der Waals surface area contributed by atoms with Gasteiger partial charge in [-0.3, -0.25) is 4.98 Å². The van der Waals surface area contributed by atoms with E-state index < -0.39 is 0 Å². The van der Waals surface area contributed by atoms with Crippen LogP contribution in [0.1, 0.15) is 5.56 Å². The molecule has 0 fully saturated rings. The molecule has 5 rings (SSSR count). The molecule has 1 aromatic carbocycles. The van der Waals surface area contributed by atoms with Gasteiger partial charge in [-0.15, -0.1) is 16.4 Å². The zero-order valence-electron chi connectivity index (χ0n) is 15.5. The Kier molecular flexibility index (Phi) is 4.38. The highest BCUT2D eigenvalue weighted by Crippen LogP contribution is 2.33. The highest BCUT2D eigenvalue weighted by Gasteiger charge is 2.19. The first-order chi connectivity index (χ1) is 14.3. The minimum atomic E-state index is 0.596. The predicted molar refractivity (Wildman–Crippen MR) is 111 cm³/mol. The summed E-state index contributed by atoms with van der Waals surface area (Å²) in [6, 6.07) is 15.9. The summed E-state index contributed by atoms with van der Waals surface area (Å²) in [7, 11) is 0. The van der Waals surface area contributed by atoms with E-state index in [4.69, 9.17) is 4.98 Å². The van der Waals surface area contributed by atoms with Crippen LogP contribution in [0.15, 0.2) is 72.5 Å². The number of thiophene rings is 1. The maximum atomic E-state index is 4.85. The maximum Gasteiger partial charge on any atom is 0.190 e. The first-order valence-corrected chi connectivity index (χ1v) is 9.85. The van der Waals surface area contributed by atoms with E-state index in [1.54, 1.807) is 34.6 Å². The Morgan fingerprint density at radius 2 is 1.79 bits per heavy atom. The van der Waals surface area contributed by atoms with Crippen molar-refractivity contribution in [2.45, 2.75) is 6.92 Å². The molecular formula is C21H15N7S. The van der Waals surface area contributed by atoms with Crippen LogP contribution in [-0.2, 0) is 0 Å². The van der Waals surface area contributed by atoms with Gasteiger partial charge in [-0.25, -0.2) is 9.97 Å². The molecule has 4 heterocycles.